The number of rotatable bonds is 8. The van der Waals surface area contributed by atoms with Gasteiger partial charge in [-0.25, -0.2) is 22.2 Å². The highest BCUT2D eigenvalue weighted by Crippen LogP contribution is 2.46. The number of nitrogens with one attached hydrogen (secondary N) is 3. The quantitative estimate of drug-likeness (QED) is 0.235. The van der Waals surface area contributed by atoms with E-state index in [2.05, 4.69) is 21.2 Å². The third-order valence-corrected chi connectivity index (χ3v) is 12.4. The average Bonchev–Trinajstić information content (AvgIpc) is 3.47. The van der Waals surface area contributed by atoms with Crippen molar-refractivity contribution in [3.63, 3.8) is 0 Å². The van der Waals surface area contributed by atoms with Crippen LogP contribution in [0.25, 0.3) is 0 Å². The molecule has 5 N–H and O–H groups in total. The Kier molecular flexibility index (Phi) is 10.9. The molecule has 3 amide bonds. The number of hydrogen-bond donors (Lipinski definition) is 4. The summed E-state index contributed by atoms with van der Waals surface area (Å²) in [6, 6.07) is 8.33. The highest BCUT2D eigenvalue weighted by Gasteiger charge is 2.45. The molecule has 3 saturated heterocycles. The number of carbonyl (C=O) groups excluding carboxylic acids is 3. The van der Waals surface area contributed by atoms with E-state index in [1.54, 1.807) is 21.9 Å². The second-order valence-electron chi connectivity index (χ2n) is 13.6. The molecule has 0 spiro atoms. The Balaban J connectivity index is 1.03. The van der Waals surface area contributed by atoms with Crippen LogP contribution in [0.3, 0.4) is 0 Å². The van der Waals surface area contributed by atoms with Crippen molar-refractivity contribution in [2.75, 3.05) is 55.6 Å². The van der Waals surface area contributed by atoms with Gasteiger partial charge in [0.1, 0.15) is 11.0 Å². The van der Waals surface area contributed by atoms with Crippen LogP contribution in [-0.2, 0) is 30.3 Å². The lowest BCUT2D eigenvalue weighted by Gasteiger charge is -2.36. The van der Waals surface area contributed by atoms with Crippen molar-refractivity contribution in [3.05, 3.63) is 47.1 Å². The van der Waals surface area contributed by atoms with Crippen LogP contribution in [0.2, 0.25) is 5.15 Å². The van der Waals surface area contributed by atoms with E-state index in [0.717, 1.165) is 19.2 Å². The SMILES string of the molecule is N[C@@H]1CC(=O)N(c2ccc(S(=O)(=O)N3CCN(c4cc(C(F)(F)C5CCC(C(=O)NNC(=O)C6CCNCC6)CC5)cc(Cl)n4)CC3)cc2)C1. The number of aromatic nitrogens is 1. The Bertz CT molecular complexity index is 1680. The monoisotopic (exact) mass is 736 g/mol. The summed E-state index contributed by atoms with van der Waals surface area (Å²) in [6.45, 7) is 2.50. The van der Waals surface area contributed by atoms with E-state index in [1.165, 1.54) is 22.5 Å². The molecular formula is C33H43ClF2N8O5S. The van der Waals surface area contributed by atoms with Gasteiger partial charge in [-0.3, -0.25) is 25.2 Å². The molecule has 2 aromatic rings. The van der Waals surface area contributed by atoms with E-state index in [1.807, 2.05) is 0 Å². The van der Waals surface area contributed by atoms with Gasteiger partial charge in [0.05, 0.1) is 4.90 Å². The Morgan fingerprint density at radius 3 is 2.10 bits per heavy atom. The topological polar surface area (TPSA) is 170 Å². The summed E-state index contributed by atoms with van der Waals surface area (Å²) in [6.07, 6.45) is 2.36. The number of pyridine rings is 1. The molecule has 1 atom stereocenters. The standard InChI is InChI=1S/C33H43ClF2N8O5S/c34-28-17-24(33(35,36)23-3-1-21(2-4-23)31(46)40-41-32(47)22-9-11-38-12-10-22)18-29(39-28)42-13-15-43(16-14-42)50(48,49)27-7-5-26(6-8-27)44-20-25(37)19-30(44)45/h5-8,17-18,21-23,25,38H,1-4,9-16,19-20,37H2,(H,40,46)(H,41,47)/t21?,23?,25-/m1/s1. The largest absolute Gasteiger partial charge is 0.354 e. The molecule has 4 fully saturated rings. The number of halogens is 3. The fourth-order valence-corrected chi connectivity index (χ4v) is 8.92. The van der Waals surface area contributed by atoms with Gasteiger partial charge < -0.3 is 20.9 Å². The minimum atomic E-state index is -3.85. The molecule has 17 heteroatoms. The summed E-state index contributed by atoms with van der Waals surface area (Å²) < 4.78 is 60.1. The van der Waals surface area contributed by atoms with E-state index >= 15 is 8.78 Å². The van der Waals surface area contributed by atoms with Gasteiger partial charge in [0.15, 0.2) is 0 Å². The predicted octanol–water partition coefficient (Wildman–Crippen LogP) is 2.36. The van der Waals surface area contributed by atoms with E-state index in [0.29, 0.717) is 25.1 Å². The van der Waals surface area contributed by atoms with Crippen molar-refractivity contribution in [1.29, 1.82) is 0 Å². The zero-order chi connectivity index (χ0) is 35.6. The van der Waals surface area contributed by atoms with Gasteiger partial charge in [-0.2, -0.15) is 4.31 Å². The van der Waals surface area contributed by atoms with Crippen molar-refractivity contribution >= 4 is 50.9 Å². The Hall–Kier alpha value is -3.44. The van der Waals surface area contributed by atoms with Crippen LogP contribution in [0, 0.1) is 17.8 Å². The first-order valence-corrected chi connectivity index (χ1v) is 18.9. The average molecular weight is 737 g/mol. The fraction of sp³-hybridized carbons (Fsp3) is 0.576. The molecule has 272 valence electrons. The normalized spacial score (nSPS) is 24.3. The first-order chi connectivity index (χ1) is 23.8. The molecule has 1 saturated carbocycles. The number of amides is 3. The molecule has 3 aliphatic heterocycles. The third-order valence-electron chi connectivity index (χ3n) is 10.3. The highest BCUT2D eigenvalue weighted by molar-refractivity contribution is 7.89. The molecule has 1 aliphatic carbocycles. The lowest BCUT2D eigenvalue weighted by Crippen LogP contribution is -2.49. The maximum absolute atomic E-state index is 15.9. The summed E-state index contributed by atoms with van der Waals surface area (Å²) >= 11 is 6.25. The zero-order valence-electron chi connectivity index (χ0n) is 27.6. The summed E-state index contributed by atoms with van der Waals surface area (Å²) in [5, 5.41) is 3.09. The van der Waals surface area contributed by atoms with Crippen molar-refractivity contribution in [3.8, 4) is 0 Å². The Morgan fingerprint density at radius 1 is 0.920 bits per heavy atom. The summed E-state index contributed by atoms with van der Waals surface area (Å²) in [4.78, 5) is 44.9. The van der Waals surface area contributed by atoms with E-state index in [9.17, 15) is 22.8 Å². The second-order valence-corrected chi connectivity index (χ2v) is 15.9. The Morgan fingerprint density at radius 2 is 1.52 bits per heavy atom. The first-order valence-electron chi connectivity index (χ1n) is 17.1. The molecular weight excluding hydrogens is 694 g/mol. The van der Waals surface area contributed by atoms with Crippen LogP contribution < -0.4 is 31.7 Å². The maximum atomic E-state index is 15.9. The smallest absolute Gasteiger partial charge is 0.276 e. The van der Waals surface area contributed by atoms with E-state index < -0.39 is 27.8 Å². The molecule has 1 aromatic heterocycles. The van der Waals surface area contributed by atoms with Gasteiger partial charge in [-0.15, -0.1) is 0 Å². The van der Waals surface area contributed by atoms with Gasteiger partial charge in [0.25, 0.3) is 5.92 Å². The van der Waals surface area contributed by atoms with Gasteiger partial charge in [-0.05, 0) is 88.0 Å². The lowest BCUT2D eigenvalue weighted by molar-refractivity contribution is -0.135. The number of sulfonamides is 1. The fourth-order valence-electron chi connectivity index (χ4n) is 7.29. The lowest BCUT2D eigenvalue weighted by atomic mass is 9.77. The number of carbonyl (C=O) groups is 3. The van der Waals surface area contributed by atoms with Gasteiger partial charge in [-0.1, -0.05) is 11.6 Å². The number of hydrogen-bond acceptors (Lipinski definition) is 9. The maximum Gasteiger partial charge on any atom is 0.276 e. The van der Waals surface area contributed by atoms with Crippen molar-refractivity contribution in [2.45, 2.75) is 61.8 Å². The van der Waals surface area contributed by atoms with Gasteiger partial charge >= 0.3 is 0 Å². The number of benzene rings is 1. The number of anilines is 2. The molecule has 0 unspecified atom stereocenters. The number of piperidine rings is 1. The second kappa shape index (κ2) is 15.0. The molecule has 13 nitrogen and oxygen atoms in total. The van der Waals surface area contributed by atoms with E-state index in [4.69, 9.17) is 17.3 Å². The number of nitrogens with two attached hydrogens (primary N) is 1. The minimum Gasteiger partial charge on any atom is -0.354 e. The summed E-state index contributed by atoms with van der Waals surface area (Å²) in [5.74, 6) is -5.39. The van der Waals surface area contributed by atoms with Crippen LogP contribution in [0.4, 0.5) is 20.3 Å². The van der Waals surface area contributed by atoms with Crippen LogP contribution >= 0.6 is 11.6 Å². The number of alkyl halides is 2. The number of piperazine rings is 1. The zero-order valence-corrected chi connectivity index (χ0v) is 29.2. The number of hydrazine groups is 1. The van der Waals surface area contributed by atoms with Crippen molar-refractivity contribution in [2.24, 2.45) is 23.5 Å². The third kappa shape index (κ3) is 7.88. The molecule has 50 heavy (non-hydrogen) atoms. The summed E-state index contributed by atoms with van der Waals surface area (Å²) in [7, 11) is -3.85. The van der Waals surface area contributed by atoms with E-state index in [-0.39, 0.29) is 109 Å². The van der Waals surface area contributed by atoms with Crippen molar-refractivity contribution in [1.82, 2.24) is 25.5 Å². The van der Waals surface area contributed by atoms with Crippen LogP contribution in [0.15, 0.2) is 41.3 Å². The predicted molar refractivity (Wildman–Crippen MR) is 183 cm³/mol. The first kappa shape index (κ1) is 36.4. The van der Waals surface area contributed by atoms with Gasteiger partial charge in [0.2, 0.25) is 27.7 Å². The molecule has 6 rings (SSSR count). The van der Waals surface area contributed by atoms with Crippen LogP contribution in [-0.4, -0.2) is 87.3 Å². The minimum absolute atomic E-state index is 0.0858. The van der Waals surface area contributed by atoms with Crippen LogP contribution in [0.1, 0.15) is 50.5 Å². The van der Waals surface area contributed by atoms with Crippen LogP contribution in [0.5, 0.6) is 0 Å². The molecule has 0 radical (unpaired) electrons. The molecule has 4 aliphatic rings. The molecule has 4 heterocycles. The summed E-state index contributed by atoms with van der Waals surface area (Å²) in [5.41, 5.74) is 11.2. The Labute approximate surface area is 295 Å². The highest BCUT2D eigenvalue weighted by atomic mass is 35.5. The molecule has 0 bridgehead atoms. The van der Waals surface area contributed by atoms with Crippen molar-refractivity contribution < 1.29 is 31.6 Å². The number of nitrogens with zero attached hydrogens (tertiary/aromatic N) is 4. The molecule has 1 aromatic carbocycles. The van der Waals surface area contributed by atoms with Gasteiger partial charge in [0, 0.05) is 74.2 Å².